The lowest BCUT2D eigenvalue weighted by Gasteiger charge is -2.18. The van der Waals surface area contributed by atoms with Gasteiger partial charge in [-0.3, -0.25) is 0 Å². The van der Waals surface area contributed by atoms with Crippen molar-refractivity contribution >= 4 is 17.5 Å². The van der Waals surface area contributed by atoms with Crippen LogP contribution >= 0.6 is 0 Å². The van der Waals surface area contributed by atoms with Gasteiger partial charge in [-0.2, -0.15) is 4.98 Å². The molecule has 5 heteroatoms. The molecule has 0 bridgehead atoms. The normalized spacial score (nSPS) is 10.7. The SMILES string of the molecule is CCN(CC)CCNc1ccnc(Nc2ccc(C)cc2)n1. The standard InChI is InChI=1S/C17H25N5/c1-4-22(5-2)13-12-18-16-10-11-19-17(21-16)20-15-8-6-14(3)7-9-15/h6-11H,4-5,12-13H2,1-3H3,(H2,18,19,20,21). The third kappa shape index (κ3) is 5.00. The molecule has 0 unspecified atom stereocenters. The van der Waals surface area contributed by atoms with Crippen LogP contribution in [0.5, 0.6) is 0 Å². The molecule has 5 nitrogen and oxygen atoms in total. The Hall–Kier alpha value is -2.14. The first kappa shape index (κ1) is 16.2. The Bertz CT molecular complexity index is 564. The summed E-state index contributed by atoms with van der Waals surface area (Å²) in [4.78, 5) is 11.1. The highest BCUT2D eigenvalue weighted by atomic mass is 15.2. The van der Waals surface area contributed by atoms with Crippen molar-refractivity contribution in [3.05, 3.63) is 42.1 Å². The van der Waals surface area contributed by atoms with Gasteiger partial charge in [-0.05, 0) is 38.2 Å². The highest BCUT2D eigenvalue weighted by Gasteiger charge is 2.02. The molecular formula is C17H25N5. The number of aryl methyl sites for hydroxylation is 1. The predicted octanol–water partition coefficient (Wildman–Crippen LogP) is 3.28. The fraction of sp³-hybridized carbons (Fsp3) is 0.412. The molecule has 22 heavy (non-hydrogen) atoms. The summed E-state index contributed by atoms with van der Waals surface area (Å²) < 4.78 is 0. The van der Waals surface area contributed by atoms with Crippen LogP contribution < -0.4 is 10.6 Å². The first-order chi connectivity index (χ1) is 10.7. The molecule has 118 valence electrons. The molecule has 2 rings (SSSR count). The van der Waals surface area contributed by atoms with Crippen molar-refractivity contribution in [2.75, 3.05) is 36.8 Å². The second-order valence-corrected chi connectivity index (χ2v) is 5.21. The first-order valence-electron chi connectivity index (χ1n) is 7.84. The van der Waals surface area contributed by atoms with Gasteiger partial charge in [-0.1, -0.05) is 31.5 Å². The molecule has 1 aromatic carbocycles. The first-order valence-corrected chi connectivity index (χ1v) is 7.84. The molecule has 0 amide bonds. The minimum absolute atomic E-state index is 0.608. The molecule has 0 saturated heterocycles. The molecule has 0 radical (unpaired) electrons. The highest BCUT2D eigenvalue weighted by molar-refractivity contribution is 5.54. The zero-order valence-electron chi connectivity index (χ0n) is 13.6. The van der Waals surface area contributed by atoms with E-state index in [1.807, 2.05) is 18.2 Å². The fourth-order valence-corrected chi connectivity index (χ4v) is 2.17. The number of likely N-dealkylation sites (N-methyl/N-ethyl adjacent to an activating group) is 1. The van der Waals surface area contributed by atoms with E-state index in [0.717, 1.165) is 37.7 Å². The van der Waals surface area contributed by atoms with Crippen LogP contribution in [0.1, 0.15) is 19.4 Å². The summed E-state index contributed by atoms with van der Waals surface area (Å²) in [6.45, 7) is 10.5. The van der Waals surface area contributed by atoms with Crippen molar-refractivity contribution in [3.63, 3.8) is 0 Å². The van der Waals surface area contributed by atoms with Gasteiger partial charge in [-0.25, -0.2) is 4.98 Å². The summed E-state index contributed by atoms with van der Waals surface area (Å²) in [5.41, 5.74) is 2.23. The van der Waals surface area contributed by atoms with E-state index in [2.05, 4.69) is 58.4 Å². The summed E-state index contributed by atoms with van der Waals surface area (Å²) >= 11 is 0. The van der Waals surface area contributed by atoms with Crippen molar-refractivity contribution in [2.45, 2.75) is 20.8 Å². The van der Waals surface area contributed by atoms with Crippen molar-refractivity contribution in [3.8, 4) is 0 Å². The van der Waals surface area contributed by atoms with Gasteiger partial charge in [0.15, 0.2) is 0 Å². The lowest BCUT2D eigenvalue weighted by molar-refractivity contribution is 0.316. The van der Waals surface area contributed by atoms with Gasteiger partial charge in [0.1, 0.15) is 5.82 Å². The van der Waals surface area contributed by atoms with Crippen molar-refractivity contribution in [2.24, 2.45) is 0 Å². The van der Waals surface area contributed by atoms with E-state index < -0.39 is 0 Å². The van der Waals surface area contributed by atoms with Gasteiger partial charge in [0.2, 0.25) is 5.95 Å². The Morgan fingerprint density at radius 2 is 1.77 bits per heavy atom. The number of rotatable bonds is 8. The Morgan fingerprint density at radius 1 is 1.05 bits per heavy atom. The number of aromatic nitrogens is 2. The van der Waals surface area contributed by atoms with Crippen LogP contribution in [0.4, 0.5) is 17.5 Å². The minimum Gasteiger partial charge on any atom is -0.369 e. The summed E-state index contributed by atoms with van der Waals surface area (Å²) in [5.74, 6) is 1.45. The maximum atomic E-state index is 4.49. The quantitative estimate of drug-likeness (QED) is 0.783. The molecule has 2 aromatic rings. The van der Waals surface area contributed by atoms with Gasteiger partial charge >= 0.3 is 0 Å². The molecule has 1 heterocycles. The van der Waals surface area contributed by atoms with E-state index in [4.69, 9.17) is 0 Å². The molecule has 0 spiro atoms. The molecule has 0 aliphatic rings. The highest BCUT2D eigenvalue weighted by Crippen LogP contribution is 2.14. The van der Waals surface area contributed by atoms with E-state index in [1.54, 1.807) is 6.20 Å². The number of nitrogens with zero attached hydrogens (tertiary/aromatic N) is 3. The van der Waals surface area contributed by atoms with Crippen LogP contribution in [0.25, 0.3) is 0 Å². The molecule has 0 aliphatic heterocycles. The topological polar surface area (TPSA) is 53.1 Å². The van der Waals surface area contributed by atoms with Crippen LogP contribution in [0.15, 0.2) is 36.5 Å². The molecular weight excluding hydrogens is 274 g/mol. The average molecular weight is 299 g/mol. The van der Waals surface area contributed by atoms with E-state index >= 15 is 0 Å². The maximum absolute atomic E-state index is 4.49. The second kappa shape index (κ2) is 8.34. The van der Waals surface area contributed by atoms with E-state index in [-0.39, 0.29) is 0 Å². The van der Waals surface area contributed by atoms with Gasteiger partial charge in [0.25, 0.3) is 0 Å². The summed E-state index contributed by atoms with van der Waals surface area (Å²) in [6.07, 6.45) is 1.77. The van der Waals surface area contributed by atoms with Crippen LogP contribution in [-0.2, 0) is 0 Å². The number of anilines is 3. The van der Waals surface area contributed by atoms with Crippen molar-refractivity contribution in [1.29, 1.82) is 0 Å². The fourth-order valence-electron chi connectivity index (χ4n) is 2.17. The van der Waals surface area contributed by atoms with Crippen LogP contribution in [-0.4, -0.2) is 41.0 Å². The largest absolute Gasteiger partial charge is 0.369 e. The lowest BCUT2D eigenvalue weighted by Crippen LogP contribution is -2.28. The van der Waals surface area contributed by atoms with Gasteiger partial charge in [0, 0.05) is 25.0 Å². The Morgan fingerprint density at radius 3 is 2.45 bits per heavy atom. The van der Waals surface area contributed by atoms with Crippen molar-refractivity contribution in [1.82, 2.24) is 14.9 Å². The molecule has 0 fully saturated rings. The van der Waals surface area contributed by atoms with Gasteiger partial charge < -0.3 is 15.5 Å². The molecule has 0 saturated carbocycles. The number of nitrogens with one attached hydrogen (secondary N) is 2. The predicted molar refractivity (Wildman–Crippen MR) is 92.8 cm³/mol. The average Bonchev–Trinajstić information content (AvgIpc) is 2.54. The van der Waals surface area contributed by atoms with E-state index in [9.17, 15) is 0 Å². The van der Waals surface area contributed by atoms with E-state index in [1.165, 1.54) is 5.56 Å². The third-order valence-electron chi connectivity index (χ3n) is 3.59. The smallest absolute Gasteiger partial charge is 0.229 e. The molecule has 2 N–H and O–H groups in total. The number of hydrogen-bond acceptors (Lipinski definition) is 5. The Kier molecular flexibility index (Phi) is 6.15. The summed E-state index contributed by atoms with van der Waals surface area (Å²) in [5, 5.41) is 6.57. The Balaban J connectivity index is 1.90. The third-order valence-corrected chi connectivity index (χ3v) is 3.59. The van der Waals surface area contributed by atoms with Gasteiger partial charge in [0.05, 0.1) is 0 Å². The number of hydrogen-bond donors (Lipinski definition) is 2. The van der Waals surface area contributed by atoms with Crippen molar-refractivity contribution < 1.29 is 0 Å². The van der Waals surface area contributed by atoms with Crippen LogP contribution in [0, 0.1) is 6.92 Å². The summed E-state index contributed by atoms with van der Waals surface area (Å²) in [6, 6.07) is 10.1. The monoisotopic (exact) mass is 299 g/mol. The van der Waals surface area contributed by atoms with E-state index in [0.29, 0.717) is 5.95 Å². The zero-order valence-corrected chi connectivity index (χ0v) is 13.6. The number of benzene rings is 1. The van der Waals surface area contributed by atoms with Crippen LogP contribution in [0.3, 0.4) is 0 Å². The Labute approximate surface area is 132 Å². The van der Waals surface area contributed by atoms with Crippen LogP contribution in [0.2, 0.25) is 0 Å². The molecule has 1 aromatic heterocycles. The summed E-state index contributed by atoms with van der Waals surface area (Å²) in [7, 11) is 0. The lowest BCUT2D eigenvalue weighted by atomic mass is 10.2. The molecule has 0 aliphatic carbocycles. The maximum Gasteiger partial charge on any atom is 0.229 e. The zero-order chi connectivity index (χ0) is 15.8. The van der Waals surface area contributed by atoms with Gasteiger partial charge in [-0.15, -0.1) is 0 Å². The molecule has 0 atom stereocenters. The second-order valence-electron chi connectivity index (χ2n) is 5.21. The minimum atomic E-state index is 0.608.